The first-order chi connectivity index (χ1) is 7.66. The van der Waals surface area contributed by atoms with Gasteiger partial charge in [-0.05, 0) is 18.2 Å². The fourth-order valence-corrected chi connectivity index (χ4v) is 2.28. The second-order valence-corrected chi connectivity index (χ2v) is 4.68. The number of nitrogens with zero attached hydrogens (tertiary/aromatic N) is 1. The van der Waals surface area contributed by atoms with Crippen molar-refractivity contribution >= 4 is 15.9 Å². The Hall–Kier alpha value is -0.620. The van der Waals surface area contributed by atoms with Gasteiger partial charge in [0.1, 0.15) is 12.0 Å². The minimum atomic E-state index is -0.688. The number of aliphatic hydroxyl groups is 1. The Labute approximate surface area is 103 Å². The van der Waals surface area contributed by atoms with E-state index in [0.29, 0.717) is 31.9 Å². The molecule has 16 heavy (non-hydrogen) atoms. The third-order valence-corrected chi connectivity index (χ3v) is 3.05. The molecule has 4 nitrogen and oxygen atoms in total. The lowest BCUT2D eigenvalue weighted by Crippen LogP contribution is -2.39. The molecule has 2 rings (SSSR count). The van der Waals surface area contributed by atoms with Crippen LogP contribution in [-0.2, 0) is 4.74 Å². The normalized spacial score (nSPS) is 19.6. The van der Waals surface area contributed by atoms with Crippen LogP contribution < -0.4 is 0 Å². The largest absolute Gasteiger partial charge is 0.508 e. The van der Waals surface area contributed by atoms with Gasteiger partial charge in [0.05, 0.1) is 13.2 Å². The van der Waals surface area contributed by atoms with E-state index in [9.17, 15) is 10.2 Å². The van der Waals surface area contributed by atoms with E-state index in [2.05, 4.69) is 15.9 Å². The van der Waals surface area contributed by atoms with E-state index >= 15 is 0 Å². The lowest BCUT2D eigenvalue weighted by molar-refractivity contribution is -0.0604. The van der Waals surface area contributed by atoms with Gasteiger partial charge in [0.25, 0.3) is 0 Å². The van der Waals surface area contributed by atoms with Gasteiger partial charge in [0, 0.05) is 23.1 Å². The van der Waals surface area contributed by atoms with Crippen molar-refractivity contribution < 1.29 is 14.9 Å². The van der Waals surface area contributed by atoms with E-state index in [1.165, 1.54) is 0 Å². The zero-order valence-corrected chi connectivity index (χ0v) is 10.4. The van der Waals surface area contributed by atoms with Crippen molar-refractivity contribution in [1.29, 1.82) is 0 Å². The SMILES string of the molecule is Oc1cc(Br)cc(C(O)N2CCOCC2)c1. The number of hydrogen-bond donors (Lipinski definition) is 2. The molecule has 0 saturated carbocycles. The molecule has 0 radical (unpaired) electrons. The Balaban J connectivity index is 2.15. The van der Waals surface area contributed by atoms with Crippen LogP contribution >= 0.6 is 15.9 Å². The molecule has 0 bridgehead atoms. The molecule has 1 saturated heterocycles. The highest BCUT2D eigenvalue weighted by Crippen LogP contribution is 2.26. The first-order valence-electron chi connectivity index (χ1n) is 5.16. The first kappa shape index (κ1) is 11.9. The van der Waals surface area contributed by atoms with Gasteiger partial charge in [-0.15, -0.1) is 0 Å². The van der Waals surface area contributed by atoms with E-state index in [1.807, 2.05) is 4.90 Å². The third kappa shape index (κ3) is 2.74. The standard InChI is InChI=1S/C11H14BrNO3/c12-9-5-8(6-10(14)7-9)11(15)13-1-3-16-4-2-13/h5-7,11,14-15H,1-4H2. The highest BCUT2D eigenvalue weighted by Gasteiger charge is 2.20. The maximum atomic E-state index is 10.1. The smallest absolute Gasteiger partial charge is 0.133 e. The van der Waals surface area contributed by atoms with Crippen LogP contribution in [0.5, 0.6) is 5.75 Å². The van der Waals surface area contributed by atoms with Crippen LogP contribution in [0.1, 0.15) is 11.8 Å². The lowest BCUT2D eigenvalue weighted by Gasteiger charge is -2.31. The summed E-state index contributed by atoms with van der Waals surface area (Å²) in [7, 11) is 0. The summed E-state index contributed by atoms with van der Waals surface area (Å²) in [5.74, 6) is 0.150. The van der Waals surface area contributed by atoms with E-state index in [1.54, 1.807) is 18.2 Å². The van der Waals surface area contributed by atoms with Crippen molar-refractivity contribution in [2.24, 2.45) is 0 Å². The summed E-state index contributed by atoms with van der Waals surface area (Å²) in [6.07, 6.45) is -0.688. The molecule has 0 amide bonds. The van der Waals surface area contributed by atoms with Crippen LogP contribution in [0.3, 0.4) is 0 Å². The van der Waals surface area contributed by atoms with Gasteiger partial charge in [-0.3, -0.25) is 4.90 Å². The molecule has 1 aromatic carbocycles. The zero-order chi connectivity index (χ0) is 11.5. The predicted molar refractivity (Wildman–Crippen MR) is 63.2 cm³/mol. The van der Waals surface area contributed by atoms with Gasteiger partial charge in [0.15, 0.2) is 0 Å². The van der Waals surface area contributed by atoms with Crippen molar-refractivity contribution in [2.75, 3.05) is 26.3 Å². The van der Waals surface area contributed by atoms with Crippen molar-refractivity contribution in [3.63, 3.8) is 0 Å². The van der Waals surface area contributed by atoms with Crippen molar-refractivity contribution in [3.05, 3.63) is 28.2 Å². The summed E-state index contributed by atoms with van der Waals surface area (Å²) in [6, 6.07) is 4.97. The minimum Gasteiger partial charge on any atom is -0.508 e. The van der Waals surface area contributed by atoms with Gasteiger partial charge in [-0.2, -0.15) is 0 Å². The molecule has 1 heterocycles. The van der Waals surface area contributed by atoms with Crippen LogP contribution in [0.15, 0.2) is 22.7 Å². The molecular weight excluding hydrogens is 274 g/mol. The molecule has 1 aliphatic heterocycles. The van der Waals surface area contributed by atoms with Gasteiger partial charge in [-0.25, -0.2) is 0 Å². The van der Waals surface area contributed by atoms with Gasteiger partial charge in [-0.1, -0.05) is 15.9 Å². The van der Waals surface area contributed by atoms with Crippen LogP contribution in [0, 0.1) is 0 Å². The summed E-state index contributed by atoms with van der Waals surface area (Å²) in [6.45, 7) is 2.68. The van der Waals surface area contributed by atoms with Gasteiger partial charge >= 0.3 is 0 Å². The summed E-state index contributed by atoms with van der Waals surface area (Å²) < 4.78 is 5.98. The maximum absolute atomic E-state index is 10.1. The Bertz CT molecular complexity index is 346. The molecule has 0 aromatic heterocycles. The quantitative estimate of drug-likeness (QED) is 0.865. The fraction of sp³-hybridized carbons (Fsp3) is 0.455. The topological polar surface area (TPSA) is 52.9 Å². The molecule has 0 aliphatic carbocycles. The van der Waals surface area contributed by atoms with Crippen molar-refractivity contribution in [2.45, 2.75) is 6.23 Å². The summed E-state index contributed by atoms with van der Waals surface area (Å²) in [5.41, 5.74) is 0.689. The molecule has 1 aromatic rings. The number of morpholine rings is 1. The summed E-state index contributed by atoms with van der Waals surface area (Å²) in [5, 5.41) is 19.6. The van der Waals surface area contributed by atoms with Crippen LogP contribution in [0.25, 0.3) is 0 Å². The number of hydrogen-bond acceptors (Lipinski definition) is 4. The molecule has 2 N–H and O–H groups in total. The first-order valence-corrected chi connectivity index (χ1v) is 5.95. The third-order valence-electron chi connectivity index (χ3n) is 2.59. The highest BCUT2D eigenvalue weighted by atomic mass is 79.9. The average Bonchev–Trinajstić information content (AvgIpc) is 2.28. The Kier molecular flexibility index (Phi) is 3.81. The fourth-order valence-electron chi connectivity index (χ4n) is 1.78. The predicted octanol–water partition coefficient (Wildman–Crippen LogP) is 1.48. The molecule has 88 valence electrons. The number of benzene rings is 1. The van der Waals surface area contributed by atoms with Crippen LogP contribution in [-0.4, -0.2) is 41.4 Å². The molecule has 1 fully saturated rings. The second-order valence-electron chi connectivity index (χ2n) is 3.76. The van der Waals surface area contributed by atoms with Gasteiger partial charge < -0.3 is 14.9 Å². The van der Waals surface area contributed by atoms with Crippen molar-refractivity contribution in [1.82, 2.24) is 4.90 Å². The number of phenols is 1. The minimum absolute atomic E-state index is 0.150. The van der Waals surface area contributed by atoms with Crippen LogP contribution in [0.4, 0.5) is 0 Å². The van der Waals surface area contributed by atoms with E-state index in [0.717, 1.165) is 4.47 Å². The van der Waals surface area contributed by atoms with E-state index in [4.69, 9.17) is 4.74 Å². The number of rotatable bonds is 2. The molecule has 1 unspecified atom stereocenters. The highest BCUT2D eigenvalue weighted by molar-refractivity contribution is 9.10. The molecule has 5 heteroatoms. The van der Waals surface area contributed by atoms with E-state index in [-0.39, 0.29) is 5.75 Å². The Morgan fingerprint density at radius 3 is 2.56 bits per heavy atom. The number of aromatic hydroxyl groups is 1. The molecular formula is C11H14BrNO3. The average molecular weight is 288 g/mol. The summed E-state index contributed by atoms with van der Waals surface area (Å²) >= 11 is 3.29. The lowest BCUT2D eigenvalue weighted by atomic mass is 10.1. The summed E-state index contributed by atoms with van der Waals surface area (Å²) in [4.78, 5) is 1.92. The number of ether oxygens (including phenoxy) is 1. The molecule has 0 spiro atoms. The zero-order valence-electron chi connectivity index (χ0n) is 8.77. The van der Waals surface area contributed by atoms with E-state index < -0.39 is 6.23 Å². The molecule has 1 aliphatic rings. The molecule has 1 atom stereocenters. The number of halogens is 1. The monoisotopic (exact) mass is 287 g/mol. The second kappa shape index (κ2) is 5.14. The number of phenolic OH excluding ortho intramolecular Hbond substituents is 1. The van der Waals surface area contributed by atoms with Gasteiger partial charge in [0.2, 0.25) is 0 Å². The maximum Gasteiger partial charge on any atom is 0.133 e. The Morgan fingerprint density at radius 2 is 1.94 bits per heavy atom. The van der Waals surface area contributed by atoms with Crippen LogP contribution in [0.2, 0.25) is 0 Å². The van der Waals surface area contributed by atoms with Crippen molar-refractivity contribution in [3.8, 4) is 5.75 Å². The Morgan fingerprint density at radius 1 is 1.25 bits per heavy atom. The number of aliphatic hydroxyl groups excluding tert-OH is 1.